The van der Waals surface area contributed by atoms with Crippen LogP contribution in [0.5, 0.6) is 0 Å². The van der Waals surface area contributed by atoms with Crippen LogP contribution in [0.3, 0.4) is 0 Å². The van der Waals surface area contributed by atoms with Crippen molar-refractivity contribution in [2.24, 2.45) is 4.40 Å². The number of nitrogens with zero attached hydrogens (tertiary/aromatic N) is 2. The van der Waals surface area contributed by atoms with E-state index in [1.807, 2.05) is 27.7 Å². The summed E-state index contributed by atoms with van der Waals surface area (Å²) in [5, 5.41) is 0. The zero-order chi connectivity index (χ0) is 23.7. The van der Waals surface area contributed by atoms with Crippen LogP contribution in [0, 0.1) is 6.92 Å². The lowest BCUT2D eigenvalue weighted by molar-refractivity contribution is -0.0328. The smallest absolute Gasteiger partial charge is 0.316 e. The summed E-state index contributed by atoms with van der Waals surface area (Å²) >= 11 is 1.10. The van der Waals surface area contributed by atoms with Gasteiger partial charge >= 0.3 is 5.51 Å². The van der Waals surface area contributed by atoms with E-state index in [9.17, 15) is 21.6 Å². The van der Waals surface area contributed by atoms with Crippen molar-refractivity contribution in [1.82, 2.24) is 4.57 Å². The molecule has 3 aromatic rings. The quantitative estimate of drug-likeness (QED) is 0.398. The molecule has 0 bridgehead atoms. The normalized spacial score (nSPS) is 13.5. The molecule has 1 heterocycles. The third-order valence-electron chi connectivity index (χ3n) is 4.55. The Morgan fingerprint density at radius 3 is 2.28 bits per heavy atom. The number of hydrogen-bond donors (Lipinski definition) is 0. The van der Waals surface area contributed by atoms with E-state index in [0.717, 1.165) is 10.6 Å². The highest BCUT2D eigenvalue weighted by atomic mass is 32.2. The topological polar surface area (TPSA) is 51.4 Å². The highest BCUT2D eigenvalue weighted by Gasteiger charge is 2.29. The van der Waals surface area contributed by atoms with Crippen molar-refractivity contribution in [2.75, 3.05) is 0 Å². The van der Waals surface area contributed by atoms with E-state index < -0.39 is 15.5 Å². The van der Waals surface area contributed by atoms with Gasteiger partial charge in [-0.05, 0) is 53.9 Å². The summed E-state index contributed by atoms with van der Waals surface area (Å²) in [7, 11) is -3.95. The average Bonchev–Trinajstić information content (AvgIpc) is 2.97. The van der Waals surface area contributed by atoms with Crippen LogP contribution in [0.1, 0.15) is 36.9 Å². The minimum Gasteiger partial charge on any atom is -0.316 e. The molecule has 0 aliphatic heterocycles. The van der Waals surface area contributed by atoms with Gasteiger partial charge in [0.25, 0.3) is 10.0 Å². The molecule has 0 aliphatic rings. The van der Waals surface area contributed by atoms with Gasteiger partial charge in [0.2, 0.25) is 4.80 Å². The van der Waals surface area contributed by atoms with Gasteiger partial charge < -0.3 is 4.57 Å². The Morgan fingerprint density at radius 2 is 1.69 bits per heavy atom. The second-order valence-electron chi connectivity index (χ2n) is 8.21. The summed E-state index contributed by atoms with van der Waals surface area (Å²) in [5.74, 6) is 0. The molecule has 32 heavy (non-hydrogen) atoms. The number of benzene rings is 2. The van der Waals surface area contributed by atoms with Crippen molar-refractivity contribution in [1.29, 1.82) is 0 Å². The van der Waals surface area contributed by atoms with Gasteiger partial charge in [-0.1, -0.05) is 51.1 Å². The molecule has 0 aliphatic carbocycles. The molecule has 0 saturated heterocycles. The van der Waals surface area contributed by atoms with Gasteiger partial charge in [0.15, 0.2) is 0 Å². The Hall–Kier alpha value is -2.04. The van der Waals surface area contributed by atoms with Gasteiger partial charge in [-0.25, -0.2) is 0 Å². The molecule has 0 spiro atoms. The van der Waals surface area contributed by atoms with Gasteiger partial charge in [0.1, 0.15) is 0 Å². The van der Waals surface area contributed by atoms with E-state index >= 15 is 0 Å². The molecule has 2 aromatic carbocycles. The predicted molar refractivity (Wildman–Crippen MR) is 122 cm³/mol. The zero-order valence-corrected chi connectivity index (χ0v) is 20.4. The lowest BCUT2D eigenvalue weighted by Gasteiger charge is -2.18. The van der Waals surface area contributed by atoms with Gasteiger partial charge in [-0.15, -0.1) is 15.7 Å². The largest absolute Gasteiger partial charge is 0.446 e. The third kappa shape index (κ3) is 6.05. The molecular formula is C22H23F3N2O2S3. The first-order valence-corrected chi connectivity index (χ1v) is 12.7. The van der Waals surface area contributed by atoms with Crippen LogP contribution in [0.25, 0.3) is 0 Å². The molecule has 4 nitrogen and oxygen atoms in total. The molecule has 0 N–H and O–H groups in total. The van der Waals surface area contributed by atoms with Crippen molar-refractivity contribution in [3.63, 3.8) is 0 Å². The van der Waals surface area contributed by atoms with Crippen molar-refractivity contribution in [3.8, 4) is 0 Å². The van der Waals surface area contributed by atoms with Gasteiger partial charge in [-0.2, -0.15) is 21.6 Å². The fourth-order valence-corrected chi connectivity index (χ4v) is 6.24. The van der Waals surface area contributed by atoms with Crippen molar-refractivity contribution in [2.45, 2.75) is 55.0 Å². The van der Waals surface area contributed by atoms with E-state index in [0.29, 0.717) is 5.56 Å². The lowest BCUT2D eigenvalue weighted by atomic mass is 9.93. The molecular weight excluding hydrogens is 477 g/mol. The van der Waals surface area contributed by atoms with Crippen LogP contribution in [-0.2, 0) is 22.0 Å². The maximum atomic E-state index is 12.9. The first-order chi connectivity index (χ1) is 14.8. The summed E-state index contributed by atoms with van der Waals surface area (Å²) in [6, 6.07) is 14.1. The number of hydrogen-bond acceptors (Lipinski definition) is 4. The Morgan fingerprint density at radius 1 is 1.03 bits per heavy atom. The minimum absolute atomic E-state index is 0.0786. The molecule has 10 heteroatoms. The monoisotopic (exact) mass is 500 g/mol. The number of aromatic nitrogens is 1. The van der Waals surface area contributed by atoms with Gasteiger partial charge in [-0.3, -0.25) is 0 Å². The second-order valence-corrected chi connectivity index (χ2v) is 11.9. The molecule has 0 saturated carbocycles. The van der Waals surface area contributed by atoms with Crippen LogP contribution < -0.4 is 4.80 Å². The number of thioether (sulfide) groups is 1. The molecule has 0 atom stereocenters. The van der Waals surface area contributed by atoms with E-state index in [-0.39, 0.29) is 38.3 Å². The summed E-state index contributed by atoms with van der Waals surface area (Å²) < 4.78 is 70.0. The number of halogens is 3. The fourth-order valence-electron chi connectivity index (χ4n) is 3.21. The summed E-state index contributed by atoms with van der Waals surface area (Å²) in [4.78, 5) is 1.40. The molecule has 1 aromatic heterocycles. The first kappa shape index (κ1) is 24.6. The van der Waals surface area contributed by atoms with Crippen LogP contribution in [0.15, 0.2) is 68.8 Å². The van der Waals surface area contributed by atoms with Crippen molar-refractivity contribution in [3.05, 3.63) is 75.5 Å². The highest BCUT2D eigenvalue weighted by molar-refractivity contribution is 8.00. The second kappa shape index (κ2) is 9.07. The first-order valence-electron chi connectivity index (χ1n) is 9.68. The molecule has 172 valence electrons. The highest BCUT2D eigenvalue weighted by Crippen LogP contribution is 2.37. The van der Waals surface area contributed by atoms with Crippen LogP contribution in [0.2, 0.25) is 0 Å². The molecule has 0 radical (unpaired) electrons. The number of alkyl halides is 3. The fraction of sp³-hybridized carbons (Fsp3) is 0.318. The third-order valence-corrected chi connectivity index (χ3v) is 8.27. The number of rotatable bonds is 5. The Bertz CT molecular complexity index is 1270. The Labute approximate surface area is 193 Å². The molecule has 3 rings (SSSR count). The Kier molecular flexibility index (Phi) is 6.97. The minimum atomic E-state index is -4.38. The van der Waals surface area contributed by atoms with Crippen LogP contribution >= 0.6 is 23.1 Å². The summed E-state index contributed by atoms with van der Waals surface area (Å²) in [5.41, 5.74) is -3.18. The molecule has 0 fully saturated rings. The number of sulfonamides is 1. The SMILES string of the molecule is Cc1c(C(C)(C)C)s/c(=N\S(=O)(=O)c2ccccc2)n1Cc1cccc(SC(F)(F)F)c1. The zero-order valence-electron chi connectivity index (χ0n) is 18.0. The maximum Gasteiger partial charge on any atom is 0.446 e. The average molecular weight is 501 g/mol. The van der Waals surface area contributed by atoms with Crippen molar-refractivity contribution >= 4 is 33.1 Å². The van der Waals surface area contributed by atoms with E-state index in [4.69, 9.17) is 0 Å². The molecule has 0 amide bonds. The summed E-state index contributed by atoms with van der Waals surface area (Å²) in [6.07, 6.45) is 0. The standard InChI is InChI=1S/C22H23F3N2O2S3/c1-15-19(21(2,3)4)30-20(26-32(28,29)18-11-6-5-7-12-18)27(15)14-16-9-8-10-17(13-16)31-22(23,24)25/h5-13H,14H2,1-4H3/b26-20-. The van der Waals surface area contributed by atoms with Crippen molar-refractivity contribution < 1.29 is 21.6 Å². The Balaban J connectivity index is 2.12. The van der Waals surface area contributed by atoms with E-state index in [1.54, 1.807) is 34.9 Å². The summed E-state index contributed by atoms with van der Waals surface area (Å²) in [6.45, 7) is 8.14. The predicted octanol–water partition coefficient (Wildman–Crippen LogP) is 6.11. The van der Waals surface area contributed by atoms with Crippen LogP contribution in [-0.4, -0.2) is 18.5 Å². The van der Waals surface area contributed by atoms with E-state index in [2.05, 4.69) is 4.40 Å². The number of thiazole rings is 1. The van der Waals surface area contributed by atoms with Gasteiger partial charge in [0.05, 0.1) is 11.4 Å². The maximum absolute atomic E-state index is 12.9. The molecule has 0 unspecified atom stereocenters. The van der Waals surface area contributed by atoms with Crippen LogP contribution in [0.4, 0.5) is 13.2 Å². The van der Waals surface area contributed by atoms with E-state index in [1.165, 1.54) is 35.6 Å². The van der Waals surface area contributed by atoms with Gasteiger partial charge in [0, 0.05) is 15.5 Å². The lowest BCUT2D eigenvalue weighted by Crippen LogP contribution is -2.19.